The van der Waals surface area contributed by atoms with Crippen molar-refractivity contribution in [3.05, 3.63) is 77.4 Å². The summed E-state index contributed by atoms with van der Waals surface area (Å²) in [6.07, 6.45) is 2.49. The molecule has 0 fully saturated rings. The van der Waals surface area contributed by atoms with Crippen LogP contribution in [-0.2, 0) is 32.0 Å². The van der Waals surface area contributed by atoms with E-state index in [9.17, 15) is 19.2 Å². The summed E-state index contributed by atoms with van der Waals surface area (Å²) >= 11 is 0. The molecule has 1 aliphatic carbocycles. The van der Waals surface area contributed by atoms with Gasteiger partial charge in [-0.3, -0.25) is 14.4 Å². The van der Waals surface area contributed by atoms with Crippen molar-refractivity contribution in [3.8, 4) is 0 Å². The van der Waals surface area contributed by atoms with Crippen LogP contribution >= 0.6 is 0 Å². The number of carbonyl (C=O) groups excluding carboxylic acids is 4. The number of hydrogen-bond donors (Lipinski definition) is 4. The zero-order valence-corrected chi connectivity index (χ0v) is 25.1. The molecule has 0 spiro atoms. The molecule has 4 N–H and O–H groups in total. The van der Waals surface area contributed by atoms with Gasteiger partial charge in [0, 0.05) is 18.6 Å². The maximum Gasteiger partial charge on any atom is 0.408 e. The van der Waals surface area contributed by atoms with E-state index in [1.54, 1.807) is 34.6 Å². The highest BCUT2D eigenvalue weighted by molar-refractivity contribution is 5.95. The number of allylic oxidation sites excluding steroid dienone is 1. The second kappa shape index (κ2) is 14.4. The third kappa shape index (κ3) is 9.87. The van der Waals surface area contributed by atoms with Crippen molar-refractivity contribution in [2.24, 2.45) is 5.10 Å². The summed E-state index contributed by atoms with van der Waals surface area (Å²) in [6, 6.07) is 14.2. The quantitative estimate of drug-likeness (QED) is 0.239. The Morgan fingerprint density at radius 3 is 2.14 bits per heavy atom. The van der Waals surface area contributed by atoms with E-state index in [0.717, 1.165) is 28.7 Å². The third-order valence-electron chi connectivity index (χ3n) is 6.42. The molecule has 3 rings (SSSR count). The van der Waals surface area contributed by atoms with Gasteiger partial charge < -0.3 is 20.7 Å². The number of carbonyl (C=O) groups is 4. The fourth-order valence-electron chi connectivity index (χ4n) is 4.41. The Labute approximate surface area is 247 Å². The summed E-state index contributed by atoms with van der Waals surface area (Å²) in [5, 5.41) is 12.1. The molecule has 2 aromatic carbocycles. The van der Waals surface area contributed by atoms with Crippen molar-refractivity contribution in [2.75, 3.05) is 0 Å². The largest absolute Gasteiger partial charge is 0.444 e. The zero-order valence-electron chi connectivity index (χ0n) is 25.1. The second-order valence-corrected chi connectivity index (χ2v) is 11.5. The molecule has 10 heteroatoms. The molecule has 0 saturated heterocycles. The van der Waals surface area contributed by atoms with Gasteiger partial charge in [0.2, 0.25) is 11.8 Å². The Hall–Kier alpha value is -4.47. The van der Waals surface area contributed by atoms with Gasteiger partial charge in [0.1, 0.15) is 23.7 Å². The Kier molecular flexibility index (Phi) is 11.0. The minimum absolute atomic E-state index is 0.188. The number of amides is 4. The summed E-state index contributed by atoms with van der Waals surface area (Å²) < 4.78 is 5.35. The van der Waals surface area contributed by atoms with Crippen LogP contribution in [0, 0.1) is 0 Å². The SMILES string of the molecule is CC(C)=NNC(=O)[C@H](CC1=CCc2ccccc21)NC(=O)[C@@H](C)NC(=O)[C@H](Cc1ccccc1)NC(=O)OC(C)(C)C. The molecule has 0 radical (unpaired) electrons. The highest BCUT2D eigenvalue weighted by Gasteiger charge is 2.30. The van der Waals surface area contributed by atoms with Gasteiger partial charge in [0.25, 0.3) is 5.91 Å². The van der Waals surface area contributed by atoms with Crippen molar-refractivity contribution in [2.45, 2.75) is 84.5 Å². The molecule has 4 amide bonds. The number of fused-ring (bicyclic) bond motifs is 1. The highest BCUT2D eigenvalue weighted by atomic mass is 16.6. The monoisotopic (exact) mass is 575 g/mol. The van der Waals surface area contributed by atoms with Gasteiger partial charge in [-0.25, -0.2) is 10.2 Å². The van der Waals surface area contributed by atoms with E-state index < -0.39 is 47.5 Å². The summed E-state index contributed by atoms with van der Waals surface area (Å²) in [6.45, 7) is 10.2. The maximum absolute atomic E-state index is 13.3. The van der Waals surface area contributed by atoms with Crippen LogP contribution in [0.15, 0.2) is 65.8 Å². The van der Waals surface area contributed by atoms with Crippen LogP contribution < -0.4 is 21.4 Å². The Bertz CT molecular complexity index is 1340. The number of hydrogen-bond acceptors (Lipinski definition) is 6. The zero-order chi connectivity index (χ0) is 30.9. The van der Waals surface area contributed by atoms with Crippen LogP contribution in [-0.4, -0.2) is 53.3 Å². The first-order chi connectivity index (χ1) is 19.8. The van der Waals surface area contributed by atoms with Crippen LogP contribution in [0.5, 0.6) is 0 Å². The first-order valence-electron chi connectivity index (χ1n) is 14.0. The van der Waals surface area contributed by atoms with Crippen LogP contribution in [0.3, 0.4) is 0 Å². The highest BCUT2D eigenvalue weighted by Crippen LogP contribution is 2.30. The van der Waals surface area contributed by atoms with Crippen molar-refractivity contribution in [3.63, 3.8) is 0 Å². The number of alkyl carbamates (subject to hydrolysis) is 1. The van der Waals surface area contributed by atoms with Crippen molar-refractivity contribution in [1.82, 2.24) is 21.4 Å². The van der Waals surface area contributed by atoms with Gasteiger partial charge in [-0.05, 0) is 70.2 Å². The smallest absolute Gasteiger partial charge is 0.408 e. The topological polar surface area (TPSA) is 138 Å². The molecule has 0 aliphatic heterocycles. The summed E-state index contributed by atoms with van der Waals surface area (Å²) in [7, 11) is 0. The molecule has 3 atom stereocenters. The van der Waals surface area contributed by atoms with Gasteiger partial charge in [0.05, 0.1) is 0 Å². The molecule has 10 nitrogen and oxygen atoms in total. The van der Waals surface area contributed by atoms with Crippen LogP contribution in [0.2, 0.25) is 0 Å². The first-order valence-corrected chi connectivity index (χ1v) is 14.0. The summed E-state index contributed by atoms with van der Waals surface area (Å²) in [4.78, 5) is 52.2. The van der Waals surface area contributed by atoms with Crippen molar-refractivity contribution in [1.29, 1.82) is 0 Å². The third-order valence-corrected chi connectivity index (χ3v) is 6.42. The average Bonchev–Trinajstić information content (AvgIpc) is 3.33. The Morgan fingerprint density at radius 1 is 0.833 bits per heavy atom. The standard InChI is InChI=1S/C32H41N5O5/c1-20(2)36-37-30(40)27(19-24-17-16-23-14-10-11-15-25(23)24)34-28(38)21(3)33-29(39)26(18-22-12-8-7-9-13-22)35-31(41)42-32(4,5)6/h7-15,17,21,26-27H,16,18-19H2,1-6H3,(H,33,39)(H,34,38)(H,35,41)(H,37,40)/t21-,26+,27+/m1/s1. The van der Waals surface area contributed by atoms with Crippen LogP contribution in [0.25, 0.3) is 5.57 Å². The van der Waals surface area contributed by atoms with E-state index in [2.05, 4.69) is 26.5 Å². The number of rotatable bonds is 11. The molecular formula is C32H41N5O5. The lowest BCUT2D eigenvalue weighted by atomic mass is 9.99. The Morgan fingerprint density at radius 2 is 1.48 bits per heavy atom. The fraction of sp³-hybridized carbons (Fsp3) is 0.406. The Balaban J connectivity index is 1.72. The fourth-order valence-corrected chi connectivity index (χ4v) is 4.41. The van der Waals surface area contributed by atoms with Crippen molar-refractivity contribution < 1.29 is 23.9 Å². The van der Waals surface area contributed by atoms with E-state index in [-0.39, 0.29) is 12.8 Å². The second-order valence-electron chi connectivity index (χ2n) is 11.5. The lowest BCUT2D eigenvalue weighted by Gasteiger charge is -2.25. The average molecular weight is 576 g/mol. The molecule has 2 aromatic rings. The van der Waals surface area contributed by atoms with E-state index in [1.807, 2.05) is 60.7 Å². The molecule has 0 unspecified atom stereocenters. The van der Waals surface area contributed by atoms with E-state index in [1.165, 1.54) is 6.92 Å². The molecule has 0 heterocycles. The minimum Gasteiger partial charge on any atom is -0.444 e. The van der Waals surface area contributed by atoms with Crippen LogP contribution in [0.4, 0.5) is 4.79 Å². The first kappa shape index (κ1) is 32.0. The lowest BCUT2D eigenvalue weighted by Crippen LogP contribution is -2.56. The normalized spacial score (nSPS) is 14.3. The predicted molar refractivity (Wildman–Crippen MR) is 163 cm³/mol. The minimum atomic E-state index is -1.01. The summed E-state index contributed by atoms with van der Waals surface area (Å²) in [5.41, 5.74) is 6.37. The molecule has 224 valence electrons. The molecule has 1 aliphatic rings. The number of ether oxygens (including phenoxy) is 1. The number of benzene rings is 2. The van der Waals surface area contributed by atoms with Gasteiger partial charge in [-0.2, -0.15) is 5.10 Å². The van der Waals surface area contributed by atoms with E-state index in [4.69, 9.17) is 4.74 Å². The van der Waals surface area contributed by atoms with Crippen molar-refractivity contribution >= 4 is 35.1 Å². The number of nitrogens with one attached hydrogen (secondary N) is 4. The molecule has 0 aromatic heterocycles. The predicted octanol–water partition coefficient (Wildman–Crippen LogP) is 3.65. The van der Waals surface area contributed by atoms with E-state index >= 15 is 0 Å². The lowest BCUT2D eigenvalue weighted by molar-refractivity contribution is -0.132. The molecular weight excluding hydrogens is 534 g/mol. The van der Waals surface area contributed by atoms with Gasteiger partial charge >= 0.3 is 6.09 Å². The van der Waals surface area contributed by atoms with E-state index in [0.29, 0.717) is 5.71 Å². The van der Waals surface area contributed by atoms with Crippen LogP contribution in [0.1, 0.15) is 64.7 Å². The van der Waals surface area contributed by atoms with Gasteiger partial charge in [-0.15, -0.1) is 0 Å². The maximum atomic E-state index is 13.3. The van der Waals surface area contributed by atoms with Gasteiger partial charge in [-0.1, -0.05) is 60.7 Å². The molecule has 42 heavy (non-hydrogen) atoms. The summed E-state index contributed by atoms with van der Waals surface area (Å²) in [5.74, 6) is -1.59. The number of nitrogens with zero attached hydrogens (tertiary/aromatic N) is 1. The van der Waals surface area contributed by atoms with Gasteiger partial charge in [0.15, 0.2) is 0 Å². The molecule has 0 saturated carbocycles. The molecule has 0 bridgehead atoms. The number of hydrazone groups is 1.